The van der Waals surface area contributed by atoms with Crippen molar-refractivity contribution in [2.75, 3.05) is 42.2 Å². The van der Waals surface area contributed by atoms with Crippen LogP contribution in [0, 0.1) is 5.92 Å². The van der Waals surface area contributed by atoms with E-state index in [1.165, 1.54) is 12.8 Å². The molecule has 1 aromatic carbocycles. The molecule has 6 rings (SSSR count). The second kappa shape index (κ2) is 12.2. The van der Waals surface area contributed by atoms with Crippen molar-refractivity contribution in [1.82, 2.24) is 19.4 Å². The van der Waals surface area contributed by atoms with Crippen molar-refractivity contribution in [3.05, 3.63) is 66.6 Å². The predicted octanol–water partition coefficient (Wildman–Crippen LogP) is 3.99. The molecule has 5 heterocycles. The Hall–Kier alpha value is -4.02. The SMILES string of the molecule is CC1CCCN(c2nc(-c3ccc(C(=O)Nc4ccccn4)cc3)c3c(N)nccn23)C1.NCC1CCCO1. The first kappa shape index (κ1) is 26.6. The van der Waals surface area contributed by atoms with Gasteiger partial charge in [-0.1, -0.05) is 25.1 Å². The molecule has 2 unspecified atom stereocenters. The fourth-order valence-electron chi connectivity index (χ4n) is 5.08. The number of nitrogen functional groups attached to an aromatic ring is 1. The van der Waals surface area contributed by atoms with Crippen LogP contribution in [-0.4, -0.2) is 57.6 Å². The molecule has 0 bridgehead atoms. The van der Waals surface area contributed by atoms with Crippen LogP contribution in [0.3, 0.4) is 0 Å². The summed E-state index contributed by atoms with van der Waals surface area (Å²) in [6.45, 7) is 5.82. The number of hydrogen-bond acceptors (Lipinski definition) is 8. The van der Waals surface area contributed by atoms with Crippen LogP contribution >= 0.6 is 0 Å². The fourth-order valence-corrected chi connectivity index (χ4v) is 5.08. The number of pyridine rings is 1. The minimum atomic E-state index is -0.214. The number of ether oxygens (including phenoxy) is 1. The van der Waals surface area contributed by atoms with E-state index < -0.39 is 0 Å². The van der Waals surface area contributed by atoms with E-state index in [9.17, 15) is 4.79 Å². The summed E-state index contributed by atoms with van der Waals surface area (Å²) in [7, 11) is 0. The number of anilines is 3. The van der Waals surface area contributed by atoms with E-state index in [-0.39, 0.29) is 5.91 Å². The summed E-state index contributed by atoms with van der Waals surface area (Å²) < 4.78 is 7.20. The molecule has 3 aromatic heterocycles. The molecular weight excluding hydrogens is 492 g/mol. The van der Waals surface area contributed by atoms with E-state index in [1.807, 2.05) is 28.8 Å². The molecule has 0 spiro atoms. The molecule has 2 saturated heterocycles. The van der Waals surface area contributed by atoms with Gasteiger partial charge in [0.05, 0.1) is 6.10 Å². The monoisotopic (exact) mass is 528 g/mol. The van der Waals surface area contributed by atoms with E-state index in [2.05, 4.69) is 27.1 Å². The molecule has 204 valence electrons. The summed E-state index contributed by atoms with van der Waals surface area (Å²) in [5.41, 5.74) is 14.5. The van der Waals surface area contributed by atoms with Crippen LogP contribution in [0.25, 0.3) is 16.8 Å². The van der Waals surface area contributed by atoms with Crippen LogP contribution in [0.1, 0.15) is 43.0 Å². The highest BCUT2D eigenvalue weighted by atomic mass is 16.5. The average Bonchev–Trinajstić information content (AvgIpc) is 3.63. The molecule has 4 aromatic rings. The number of nitrogens with two attached hydrogens (primary N) is 2. The number of nitrogens with zero attached hydrogens (tertiary/aromatic N) is 5. The van der Waals surface area contributed by atoms with E-state index in [1.54, 1.807) is 36.7 Å². The molecule has 0 radical (unpaired) electrons. The van der Waals surface area contributed by atoms with Crippen LogP contribution < -0.4 is 21.7 Å². The summed E-state index contributed by atoms with van der Waals surface area (Å²) in [5, 5.41) is 2.80. The van der Waals surface area contributed by atoms with Gasteiger partial charge in [-0.2, -0.15) is 0 Å². The number of rotatable bonds is 5. The molecule has 2 fully saturated rings. The Bertz CT molecular complexity index is 1380. The number of piperidine rings is 1. The number of carbonyl (C=O) groups excluding carboxylic acids is 1. The Morgan fingerprint density at radius 1 is 1.10 bits per heavy atom. The lowest BCUT2D eigenvalue weighted by Crippen LogP contribution is -2.35. The number of aromatic nitrogens is 4. The van der Waals surface area contributed by atoms with Gasteiger partial charge in [-0.3, -0.25) is 9.20 Å². The third kappa shape index (κ3) is 6.18. The third-order valence-electron chi connectivity index (χ3n) is 7.12. The molecule has 5 N–H and O–H groups in total. The van der Waals surface area contributed by atoms with Gasteiger partial charge in [0.25, 0.3) is 5.91 Å². The highest BCUT2D eigenvalue weighted by molar-refractivity contribution is 6.04. The highest BCUT2D eigenvalue weighted by Crippen LogP contribution is 2.33. The Balaban J connectivity index is 0.000000384. The molecule has 2 aliphatic rings. The lowest BCUT2D eigenvalue weighted by atomic mass is 10.0. The van der Waals surface area contributed by atoms with Crippen molar-refractivity contribution in [2.45, 2.75) is 38.7 Å². The minimum Gasteiger partial charge on any atom is -0.382 e. The molecule has 2 atom stereocenters. The highest BCUT2D eigenvalue weighted by Gasteiger charge is 2.24. The Labute approximate surface area is 228 Å². The Morgan fingerprint density at radius 3 is 2.62 bits per heavy atom. The van der Waals surface area contributed by atoms with Crippen LogP contribution in [0.4, 0.5) is 17.6 Å². The normalized spacial score (nSPS) is 19.0. The number of amides is 1. The number of imidazole rings is 1. The second-order valence-electron chi connectivity index (χ2n) is 10.1. The van der Waals surface area contributed by atoms with E-state index in [0.717, 1.165) is 55.3 Å². The minimum absolute atomic E-state index is 0.214. The first-order valence-corrected chi connectivity index (χ1v) is 13.6. The molecule has 10 nitrogen and oxygen atoms in total. The van der Waals surface area contributed by atoms with E-state index in [0.29, 0.717) is 35.8 Å². The van der Waals surface area contributed by atoms with Crippen LogP contribution in [0.5, 0.6) is 0 Å². The Morgan fingerprint density at radius 2 is 1.95 bits per heavy atom. The zero-order valence-corrected chi connectivity index (χ0v) is 22.3. The summed E-state index contributed by atoms with van der Waals surface area (Å²) >= 11 is 0. The first-order chi connectivity index (χ1) is 19.0. The topological polar surface area (TPSA) is 137 Å². The number of benzene rings is 1. The maximum Gasteiger partial charge on any atom is 0.256 e. The molecule has 10 heteroatoms. The first-order valence-electron chi connectivity index (χ1n) is 13.6. The summed E-state index contributed by atoms with van der Waals surface area (Å²) in [6.07, 6.45) is 10.4. The maximum atomic E-state index is 12.6. The molecular formula is C29H36N8O2. The molecule has 1 amide bonds. The van der Waals surface area contributed by atoms with Gasteiger partial charge in [0.1, 0.15) is 22.8 Å². The number of fused-ring (bicyclic) bond motifs is 1. The lowest BCUT2D eigenvalue weighted by Gasteiger charge is -2.31. The second-order valence-corrected chi connectivity index (χ2v) is 10.1. The van der Waals surface area contributed by atoms with Gasteiger partial charge >= 0.3 is 0 Å². The quantitative estimate of drug-likeness (QED) is 0.354. The van der Waals surface area contributed by atoms with Crippen LogP contribution in [0.15, 0.2) is 61.1 Å². The smallest absolute Gasteiger partial charge is 0.256 e. The van der Waals surface area contributed by atoms with Gasteiger partial charge in [0.2, 0.25) is 5.95 Å². The van der Waals surface area contributed by atoms with Crippen LogP contribution in [0.2, 0.25) is 0 Å². The molecule has 0 aliphatic carbocycles. The van der Waals surface area contributed by atoms with Gasteiger partial charge in [-0.05, 0) is 55.9 Å². The molecule has 0 saturated carbocycles. The number of carbonyl (C=O) groups is 1. The van der Waals surface area contributed by atoms with Gasteiger partial charge < -0.3 is 26.4 Å². The number of hydrogen-bond donors (Lipinski definition) is 3. The van der Waals surface area contributed by atoms with Crippen molar-refractivity contribution in [1.29, 1.82) is 0 Å². The van der Waals surface area contributed by atoms with E-state index >= 15 is 0 Å². The zero-order valence-electron chi connectivity index (χ0n) is 22.3. The van der Waals surface area contributed by atoms with Crippen molar-refractivity contribution >= 4 is 29.0 Å². The predicted molar refractivity (Wildman–Crippen MR) is 154 cm³/mol. The van der Waals surface area contributed by atoms with Gasteiger partial charge in [0.15, 0.2) is 0 Å². The zero-order chi connectivity index (χ0) is 27.2. The largest absolute Gasteiger partial charge is 0.382 e. The average molecular weight is 529 g/mol. The van der Waals surface area contributed by atoms with Crippen molar-refractivity contribution in [3.8, 4) is 11.3 Å². The standard InChI is InChI=1S/C24H25N7O.C5H11NO/c1-16-5-4-13-30(15-16)24-29-20(21-22(25)27-12-14-31(21)24)17-7-9-18(10-8-17)23(32)28-19-6-2-3-11-26-19;6-4-5-2-1-3-7-5/h2-3,6-12,14,16H,4-5,13,15H2,1H3,(H2,25,27)(H,26,28,32);5H,1-4,6H2. The van der Waals surface area contributed by atoms with Crippen molar-refractivity contribution < 1.29 is 9.53 Å². The van der Waals surface area contributed by atoms with Crippen molar-refractivity contribution in [3.63, 3.8) is 0 Å². The molecule has 2 aliphatic heterocycles. The number of nitrogens with one attached hydrogen (secondary N) is 1. The van der Waals surface area contributed by atoms with Gasteiger partial charge in [-0.25, -0.2) is 15.0 Å². The Kier molecular flexibility index (Phi) is 8.33. The van der Waals surface area contributed by atoms with Crippen molar-refractivity contribution in [2.24, 2.45) is 11.7 Å². The molecule has 39 heavy (non-hydrogen) atoms. The van der Waals surface area contributed by atoms with Gasteiger partial charge in [-0.15, -0.1) is 0 Å². The van der Waals surface area contributed by atoms with Gasteiger partial charge in [0, 0.05) is 56.0 Å². The third-order valence-corrected chi connectivity index (χ3v) is 7.12. The summed E-state index contributed by atoms with van der Waals surface area (Å²) in [6, 6.07) is 12.7. The lowest BCUT2D eigenvalue weighted by molar-refractivity contribution is 0.102. The van der Waals surface area contributed by atoms with E-state index in [4.69, 9.17) is 21.2 Å². The fraction of sp³-hybridized carbons (Fsp3) is 0.379. The summed E-state index contributed by atoms with van der Waals surface area (Å²) in [5.74, 6) is 2.24. The summed E-state index contributed by atoms with van der Waals surface area (Å²) in [4.78, 5) is 28.3. The maximum absolute atomic E-state index is 12.6. The van der Waals surface area contributed by atoms with Crippen LogP contribution in [-0.2, 0) is 4.74 Å².